The number of piperidine rings is 1. The van der Waals surface area contributed by atoms with Crippen molar-refractivity contribution >= 4 is 5.97 Å². The summed E-state index contributed by atoms with van der Waals surface area (Å²) >= 11 is 0. The van der Waals surface area contributed by atoms with Gasteiger partial charge in [-0.05, 0) is 80.0 Å². The smallest absolute Gasteiger partial charge is 0.307 e. The van der Waals surface area contributed by atoms with Gasteiger partial charge in [0.1, 0.15) is 6.23 Å². The lowest BCUT2D eigenvalue weighted by Crippen LogP contribution is -2.62. The number of hydrogen-bond acceptors (Lipinski definition) is 3. The number of nitrogens with one attached hydrogen (secondary N) is 1. The molecule has 8 unspecified atom stereocenters. The van der Waals surface area contributed by atoms with Crippen LogP contribution in [0.25, 0.3) is 0 Å². The number of hydrogen-bond donors (Lipinski definition) is 3. The van der Waals surface area contributed by atoms with Crippen LogP contribution in [0.1, 0.15) is 65.2 Å². The normalized spacial score (nSPS) is 55.6. The summed E-state index contributed by atoms with van der Waals surface area (Å²) in [5, 5.41) is 23.1. The molecule has 1 aliphatic heterocycles. The zero-order valence-electron chi connectivity index (χ0n) is 14.4. The number of carboxylic acids is 1. The first kappa shape index (κ1) is 15.9. The van der Waals surface area contributed by atoms with Gasteiger partial charge in [0.2, 0.25) is 0 Å². The molecule has 3 N–H and O–H groups in total. The third-order valence-electron chi connectivity index (χ3n) is 8.52. The Morgan fingerprint density at radius 2 is 1.65 bits per heavy atom. The molecule has 3 aliphatic carbocycles. The van der Waals surface area contributed by atoms with Crippen molar-refractivity contribution in [1.82, 2.24) is 5.32 Å². The summed E-state index contributed by atoms with van der Waals surface area (Å²) in [6, 6.07) is 0.438. The molecule has 4 aliphatic rings. The van der Waals surface area contributed by atoms with E-state index in [1.165, 1.54) is 12.8 Å². The van der Waals surface area contributed by atoms with Crippen LogP contribution in [0.5, 0.6) is 0 Å². The van der Waals surface area contributed by atoms with Crippen molar-refractivity contribution in [3.8, 4) is 0 Å². The van der Waals surface area contributed by atoms with Crippen molar-refractivity contribution in [2.24, 2.45) is 34.5 Å². The monoisotopic (exact) mass is 321 g/mol. The van der Waals surface area contributed by atoms with Gasteiger partial charge in [0.15, 0.2) is 0 Å². The van der Waals surface area contributed by atoms with Gasteiger partial charge in [-0.3, -0.25) is 10.1 Å². The Bertz CT molecular complexity index is 509. The van der Waals surface area contributed by atoms with Crippen LogP contribution in [0.4, 0.5) is 0 Å². The fraction of sp³-hybridized carbons (Fsp3) is 0.947. The molecular formula is C19H31NO3. The van der Waals surface area contributed by atoms with E-state index in [2.05, 4.69) is 19.2 Å². The third kappa shape index (κ3) is 2.13. The summed E-state index contributed by atoms with van der Waals surface area (Å²) in [5.41, 5.74) is 0.294. The first-order valence-corrected chi connectivity index (χ1v) is 9.53. The van der Waals surface area contributed by atoms with E-state index in [9.17, 15) is 15.0 Å². The summed E-state index contributed by atoms with van der Waals surface area (Å²) in [6.45, 7) is 4.69. The van der Waals surface area contributed by atoms with Crippen LogP contribution in [0.3, 0.4) is 0 Å². The van der Waals surface area contributed by atoms with E-state index in [1.54, 1.807) is 0 Å². The Morgan fingerprint density at radius 3 is 2.39 bits per heavy atom. The first-order valence-electron chi connectivity index (χ1n) is 9.53. The number of carbonyl (C=O) groups is 1. The SMILES string of the molecule is CC12CCC(O)NC1CCC1C2CCC2(C)C(C(=O)O)CCC12. The van der Waals surface area contributed by atoms with E-state index in [0.29, 0.717) is 23.8 Å². The van der Waals surface area contributed by atoms with E-state index < -0.39 is 5.97 Å². The molecular weight excluding hydrogens is 290 g/mol. The second-order valence-corrected chi connectivity index (χ2v) is 9.25. The van der Waals surface area contributed by atoms with Gasteiger partial charge in [0, 0.05) is 6.04 Å². The highest BCUT2D eigenvalue weighted by atomic mass is 16.4. The summed E-state index contributed by atoms with van der Waals surface area (Å²) in [4.78, 5) is 11.7. The van der Waals surface area contributed by atoms with E-state index in [4.69, 9.17) is 0 Å². The Labute approximate surface area is 139 Å². The third-order valence-corrected chi connectivity index (χ3v) is 8.52. The van der Waals surface area contributed by atoms with Crippen LogP contribution in [0, 0.1) is 34.5 Å². The van der Waals surface area contributed by atoms with Crippen LogP contribution < -0.4 is 5.32 Å². The molecule has 4 fully saturated rings. The highest BCUT2D eigenvalue weighted by molar-refractivity contribution is 5.71. The molecule has 0 bridgehead atoms. The topological polar surface area (TPSA) is 69.6 Å². The quantitative estimate of drug-likeness (QED) is 0.694. The predicted molar refractivity (Wildman–Crippen MR) is 87.7 cm³/mol. The molecule has 0 spiro atoms. The highest BCUT2D eigenvalue weighted by Crippen LogP contribution is 2.65. The van der Waals surface area contributed by atoms with Gasteiger partial charge in [-0.15, -0.1) is 0 Å². The number of carboxylic acid groups (broad SMARTS) is 1. The summed E-state index contributed by atoms with van der Waals surface area (Å²) in [6.07, 6.45) is 8.20. The molecule has 0 amide bonds. The lowest BCUT2D eigenvalue weighted by molar-refractivity contribution is -0.152. The standard InChI is InChI=1S/C19H31NO3/c1-18-9-7-13-11(12(18)4-5-14(18)17(22)23)3-6-15-19(13,2)10-8-16(21)20-15/h11-16,20-21H,3-10H2,1-2H3,(H,22,23). The summed E-state index contributed by atoms with van der Waals surface area (Å²) in [5.74, 6) is 1.27. The second-order valence-electron chi connectivity index (χ2n) is 9.25. The van der Waals surface area contributed by atoms with Crippen molar-refractivity contribution in [3.63, 3.8) is 0 Å². The van der Waals surface area contributed by atoms with Crippen molar-refractivity contribution in [2.75, 3.05) is 0 Å². The fourth-order valence-electron chi connectivity index (χ4n) is 7.26. The Balaban J connectivity index is 1.61. The van der Waals surface area contributed by atoms with Gasteiger partial charge in [-0.1, -0.05) is 13.8 Å². The maximum atomic E-state index is 11.7. The summed E-state index contributed by atoms with van der Waals surface area (Å²) < 4.78 is 0. The number of rotatable bonds is 1. The molecule has 4 nitrogen and oxygen atoms in total. The molecule has 1 heterocycles. The molecule has 0 aromatic rings. The average Bonchev–Trinajstić information content (AvgIpc) is 2.85. The van der Waals surface area contributed by atoms with E-state index in [0.717, 1.165) is 38.5 Å². The molecule has 4 heteroatoms. The number of aliphatic hydroxyl groups excluding tert-OH is 1. The Kier molecular flexibility index (Phi) is 3.59. The molecule has 0 radical (unpaired) electrons. The van der Waals surface area contributed by atoms with E-state index in [1.807, 2.05) is 0 Å². The van der Waals surface area contributed by atoms with E-state index in [-0.39, 0.29) is 23.0 Å². The maximum absolute atomic E-state index is 11.7. The average molecular weight is 321 g/mol. The molecule has 1 saturated heterocycles. The van der Waals surface area contributed by atoms with Gasteiger partial charge >= 0.3 is 5.97 Å². The molecule has 4 rings (SSSR count). The van der Waals surface area contributed by atoms with Crippen LogP contribution in [-0.4, -0.2) is 28.5 Å². The molecule has 130 valence electrons. The van der Waals surface area contributed by atoms with Crippen LogP contribution in [-0.2, 0) is 4.79 Å². The van der Waals surface area contributed by atoms with Gasteiger partial charge in [0.25, 0.3) is 0 Å². The zero-order valence-corrected chi connectivity index (χ0v) is 14.4. The number of fused-ring (bicyclic) bond motifs is 5. The molecule has 23 heavy (non-hydrogen) atoms. The Morgan fingerprint density at radius 1 is 0.957 bits per heavy atom. The molecule has 8 atom stereocenters. The van der Waals surface area contributed by atoms with Crippen molar-refractivity contribution < 1.29 is 15.0 Å². The van der Waals surface area contributed by atoms with Crippen molar-refractivity contribution in [2.45, 2.75) is 77.5 Å². The highest BCUT2D eigenvalue weighted by Gasteiger charge is 2.61. The first-order chi connectivity index (χ1) is 10.9. The van der Waals surface area contributed by atoms with Gasteiger partial charge in [0.05, 0.1) is 5.92 Å². The van der Waals surface area contributed by atoms with Crippen LogP contribution in [0.2, 0.25) is 0 Å². The lowest BCUT2D eigenvalue weighted by Gasteiger charge is -2.60. The second kappa shape index (κ2) is 5.19. The number of aliphatic carboxylic acids is 1. The number of aliphatic hydroxyl groups is 1. The molecule has 0 aromatic carbocycles. The lowest BCUT2D eigenvalue weighted by atomic mass is 9.47. The summed E-state index contributed by atoms with van der Waals surface area (Å²) in [7, 11) is 0. The predicted octanol–water partition coefficient (Wildman–Crippen LogP) is 3.00. The van der Waals surface area contributed by atoms with Gasteiger partial charge in [-0.25, -0.2) is 0 Å². The minimum absolute atomic E-state index is 0.0117. The van der Waals surface area contributed by atoms with Crippen LogP contribution in [0.15, 0.2) is 0 Å². The molecule has 3 saturated carbocycles. The van der Waals surface area contributed by atoms with E-state index >= 15 is 0 Å². The largest absolute Gasteiger partial charge is 0.481 e. The Hall–Kier alpha value is -0.610. The molecule has 0 aromatic heterocycles. The minimum atomic E-state index is -0.573. The zero-order chi connectivity index (χ0) is 16.4. The van der Waals surface area contributed by atoms with Crippen molar-refractivity contribution in [3.05, 3.63) is 0 Å². The minimum Gasteiger partial charge on any atom is -0.481 e. The maximum Gasteiger partial charge on any atom is 0.307 e. The fourth-order valence-corrected chi connectivity index (χ4v) is 7.26. The van der Waals surface area contributed by atoms with Crippen molar-refractivity contribution in [1.29, 1.82) is 0 Å². The van der Waals surface area contributed by atoms with Gasteiger partial charge in [-0.2, -0.15) is 0 Å². The van der Waals surface area contributed by atoms with Crippen LogP contribution >= 0.6 is 0 Å². The van der Waals surface area contributed by atoms with Gasteiger partial charge < -0.3 is 10.2 Å².